The minimum absolute atomic E-state index is 0.00604. The van der Waals surface area contributed by atoms with Gasteiger partial charge in [-0.2, -0.15) is 0 Å². The van der Waals surface area contributed by atoms with Crippen molar-refractivity contribution < 1.29 is 139 Å². The number of Topliss-reactive ketones (excluding diaryl/α,β-unsaturated/α-hetero) is 1. The average molecular weight is 1100 g/mol. The average Bonchev–Trinajstić information content (AvgIpc) is 4.07. The first kappa shape index (κ1) is 63.1. The normalized spacial score (nSPS) is 20.6. The molecule has 0 radical (unpaired) electrons. The number of ketones is 1. The van der Waals surface area contributed by atoms with E-state index in [1.165, 1.54) is 6.26 Å². The van der Waals surface area contributed by atoms with E-state index in [4.69, 9.17) is 33.9 Å². The van der Waals surface area contributed by atoms with Crippen LogP contribution in [0.15, 0.2) is 73.0 Å². The summed E-state index contributed by atoms with van der Waals surface area (Å²) in [6.45, 7) is 8.33. The van der Waals surface area contributed by atoms with Gasteiger partial charge in [0.25, 0.3) is 0 Å². The Labute approximate surface area is 439 Å². The third-order valence-electron chi connectivity index (χ3n) is 8.96. The predicted octanol–water partition coefficient (Wildman–Crippen LogP) is 4.62. The van der Waals surface area contributed by atoms with E-state index in [0.29, 0.717) is 52.9 Å². The number of hydrogen-bond donors (Lipinski definition) is 2. The highest BCUT2D eigenvalue weighted by atomic mass is 16.8. The summed E-state index contributed by atoms with van der Waals surface area (Å²) in [4.78, 5) is 91.8. The van der Waals surface area contributed by atoms with Crippen LogP contribution in [0.5, 0.6) is 0 Å². The van der Waals surface area contributed by atoms with Crippen molar-refractivity contribution in [2.45, 2.75) is 57.9 Å². The summed E-state index contributed by atoms with van der Waals surface area (Å²) >= 11 is 0. The van der Waals surface area contributed by atoms with Gasteiger partial charge in [0.2, 0.25) is 5.78 Å². The molecule has 0 aliphatic carbocycles. The molecule has 0 aromatic heterocycles. The minimum Gasteiger partial charge on any atom is -0.434 e. The van der Waals surface area contributed by atoms with Crippen LogP contribution in [-0.4, -0.2) is 189 Å². The van der Waals surface area contributed by atoms with Crippen molar-refractivity contribution >= 4 is 55.0 Å². The third kappa shape index (κ3) is 31.4. The van der Waals surface area contributed by atoms with Crippen molar-refractivity contribution in [3.05, 3.63) is 84.1 Å². The molecule has 29 nitrogen and oxygen atoms in total. The molecule has 2 aromatic rings. The van der Waals surface area contributed by atoms with Crippen LogP contribution in [0.4, 0.5) is 38.4 Å². The number of benzene rings is 2. The van der Waals surface area contributed by atoms with Gasteiger partial charge in [0, 0.05) is 11.8 Å². The molecule has 29 heteroatoms. The van der Waals surface area contributed by atoms with E-state index in [9.17, 15) is 43.2 Å². The Balaban J connectivity index is 0.000000236. The highest BCUT2D eigenvalue weighted by molar-refractivity contribution is 5.86. The molecule has 0 bridgehead atoms. The van der Waals surface area contributed by atoms with Gasteiger partial charge in [-0.25, -0.2) is 38.4 Å². The van der Waals surface area contributed by atoms with Gasteiger partial charge < -0.3 is 95.5 Å². The number of hydrogen-bond acceptors (Lipinski definition) is 29. The molecule has 0 spiro atoms. The summed E-state index contributed by atoms with van der Waals surface area (Å²) in [6, 6.07) is 19.7. The lowest BCUT2D eigenvalue weighted by atomic mass is 9.96. The second-order valence-corrected chi connectivity index (χ2v) is 16.3. The molecule has 7 saturated heterocycles. The van der Waals surface area contributed by atoms with Crippen LogP contribution in [0.3, 0.4) is 0 Å². The number of carbonyl (C=O) groups excluding carboxylic acids is 9. The molecule has 77 heavy (non-hydrogen) atoms. The second-order valence-electron chi connectivity index (χ2n) is 16.3. The quantitative estimate of drug-likeness (QED) is 0.269. The molecule has 7 fully saturated rings. The molecule has 2 N–H and O–H groups in total. The van der Waals surface area contributed by atoms with Gasteiger partial charge in [0.05, 0.1) is 45.9 Å². The summed E-state index contributed by atoms with van der Waals surface area (Å²) in [7, 11) is 0. The SMILES string of the molecule is CC1(C)COC(=O)OC1.O=C1COC(=O)OC1.O=C1OC=CCO1.O=C1OCC(CO)O1.O=C1OCC(COCc2ccccc2)O1.O=C1OCC(O)CO1.O=C1OCC(OCc2ccccc2)CO1.O=C1OCCCO1. The molecule has 2 unspecified atom stereocenters. The van der Waals surface area contributed by atoms with Gasteiger partial charge in [0.15, 0.2) is 25.4 Å². The molecule has 0 amide bonds. The van der Waals surface area contributed by atoms with Crippen molar-refractivity contribution in [2.24, 2.45) is 5.41 Å². The van der Waals surface area contributed by atoms with E-state index in [1.54, 1.807) is 6.08 Å². The Morgan fingerprint density at radius 2 is 0.987 bits per heavy atom. The first-order valence-electron chi connectivity index (χ1n) is 23.2. The van der Waals surface area contributed by atoms with Gasteiger partial charge in [0.1, 0.15) is 71.7 Å². The van der Waals surface area contributed by atoms with Crippen LogP contribution in [0.25, 0.3) is 0 Å². The van der Waals surface area contributed by atoms with Gasteiger partial charge >= 0.3 is 49.2 Å². The fourth-order valence-corrected chi connectivity index (χ4v) is 5.16. The zero-order valence-corrected chi connectivity index (χ0v) is 41.9. The van der Waals surface area contributed by atoms with Crippen LogP contribution >= 0.6 is 0 Å². The lowest BCUT2D eigenvalue weighted by Crippen LogP contribution is -2.34. The van der Waals surface area contributed by atoms with Crippen molar-refractivity contribution in [1.82, 2.24) is 0 Å². The largest absolute Gasteiger partial charge is 0.513 e. The molecule has 2 aromatic carbocycles. The molecule has 10 rings (SSSR count). The van der Waals surface area contributed by atoms with Crippen LogP contribution < -0.4 is 0 Å². The molecular weight excluding hydrogens is 1040 g/mol. The molecular formula is C48H60O29. The van der Waals surface area contributed by atoms with Crippen molar-refractivity contribution in [3.8, 4) is 0 Å². The lowest BCUT2D eigenvalue weighted by molar-refractivity contribution is -0.131. The van der Waals surface area contributed by atoms with E-state index < -0.39 is 61.5 Å². The summed E-state index contributed by atoms with van der Waals surface area (Å²) in [6.07, 6.45) is -2.84. The molecule has 0 saturated carbocycles. The van der Waals surface area contributed by atoms with E-state index in [2.05, 4.69) is 61.6 Å². The Hall–Kier alpha value is -8.15. The minimum atomic E-state index is -0.760. The number of carbonyl (C=O) groups is 9. The number of cyclic esters (lactones) is 16. The number of ether oxygens (including phenoxy) is 18. The summed E-state index contributed by atoms with van der Waals surface area (Å²) in [5.41, 5.74) is 2.19. The lowest BCUT2D eigenvalue weighted by Gasteiger charge is -2.27. The number of rotatable bonds is 8. The topological polar surface area (TPSA) is 360 Å². The maximum atomic E-state index is 10.6. The molecule has 2 atom stereocenters. The fourth-order valence-electron chi connectivity index (χ4n) is 5.16. The van der Waals surface area contributed by atoms with Crippen molar-refractivity contribution in [2.75, 3.05) is 99.1 Å². The Morgan fingerprint density at radius 3 is 1.38 bits per heavy atom. The first-order valence-corrected chi connectivity index (χ1v) is 23.2. The molecule has 8 heterocycles. The summed E-state index contributed by atoms with van der Waals surface area (Å²) < 4.78 is 82.0. The zero-order chi connectivity index (χ0) is 56.1. The van der Waals surface area contributed by atoms with Gasteiger partial charge in [-0.05, 0) is 17.2 Å². The van der Waals surface area contributed by atoms with Gasteiger partial charge in [-0.1, -0.05) is 74.5 Å². The molecule has 426 valence electrons. The van der Waals surface area contributed by atoms with Gasteiger partial charge in [-0.15, -0.1) is 0 Å². The maximum absolute atomic E-state index is 10.6. The smallest absolute Gasteiger partial charge is 0.434 e. The van der Waals surface area contributed by atoms with E-state index >= 15 is 0 Å². The monoisotopic (exact) mass is 1100 g/mol. The highest BCUT2D eigenvalue weighted by Crippen LogP contribution is 2.20. The number of aliphatic hydroxyl groups is 2. The van der Waals surface area contributed by atoms with E-state index in [-0.39, 0.29) is 82.9 Å². The van der Waals surface area contributed by atoms with Crippen LogP contribution in [-0.2, 0) is 103 Å². The van der Waals surface area contributed by atoms with Crippen LogP contribution in [0, 0.1) is 5.41 Å². The maximum Gasteiger partial charge on any atom is 0.513 e. The highest BCUT2D eigenvalue weighted by Gasteiger charge is 2.28. The van der Waals surface area contributed by atoms with Crippen molar-refractivity contribution in [1.29, 1.82) is 0 Å². The zero-order valence-electron chi connectivity index (χ0n) is 41.9. The Bertz CT molecular complexity index is 2080. The Kier molecular flexibility index (Phi) is 30.1. The van der Waals surface area contributed by atoms with Crippen LogP contribution in [0.2, 0.25) is 0 Å². The summed E-state index contributed by atoms with van der Waals surface area (Å²) in [5, 5.41) is 17.0. The van der Waals surface area contributed by atoms with Gasteiger partial charge in [-0.3, -0.25) is 4.79 Å². The standard InChI is InChI=1S/2C11H12O4.C6H10O3.C4H6O4.C4H4O4.C4H6O4.C4H6O3.C4H4O3/c12-11-14-7-10(8-15-11)13-6-9-4-2-1-3-5-9;12-11-14-8-10(15-11)7-13-6-9-4-2-1-3-5-9;1-6(2)3-8-5(7)9-4-6;2*5-3-1-7-4(6)8-2-3;5-1-3-2-7-4(6)8-3;2*5-4-6-2-1-3-7-4/h2*1-5,10H,6-8H2;3-4H2,1-2H3;3,5H,1-2H2;1-2H2;3,5H,1-2H2;1-3H2;1-2H,3H2. The van der Waals surface area contributed by atoms with E-state index in [1.807, 2.05) is 74.5 Å². The predicted molar refractivity (Wildman–Crippen MR) is 248 cm³/mol. The first-order chi connectivity index (χ1) is 37.0. The Morgan fingerprint density at radius 1 is 0.519 bits per heavy atom. The molecule has 8 aliphatic rings. The van der Waals surface area contributed by atoms with Crippen molar-refractivity contribution in [3.63, 3.8) is 0 Å². The molecule has 8 aliphatic heterocycles. The van der Waals surface area contributed by atoms with Crippen LogP contribution in [0.1, 0.15) is 31.4 Å². The second kappa shape index (κ2) is 36.7. The summed E-state index contributed by atoms with van der Waals surface area (Å²) in [5.74, 6) is -0.204. The number of aliphatic hydroxyl groups excluding tert-OH is 2. The van der Waals surface area contributed by atoms with E-state index in [0.717, 1.165) is 17.5 Å². The third-order valence-corrected chi connectivity index (χ3v) is 8.96. The fraction of sp³-hybridized carbons (Fsp3) is 0.521.